The van der Waals surface area contributed by atoms with Gasteiger partial charge in [0.25, 0.3) is 0 Å². The van der Waals surface area contributed by atoms with Crippen LogP contribution in [0.2, 0.25) is 0 Å². The van der Waals surface area contributed by atoms with E-state index in [1.807, 2.05) is 6.92 Å². The van der Waals surface area contributed by atoms with Crippen molar-refractivity contribution in [3.05, 3.63) is 0 Å². The van der Waals surface area contributed by atoms with Crippen LogP contribution < -0.4 is 0 Å². The molecule has 2 atom stereocenters. The molecule has 0 saturated carbocycles. The van der Waals surface area contributed by atoms with Gasteiger partial charge in [-0.15, -0.1) is 0 Å². The lowest BCUT2D eigenvalue weighted by Gasteiger charge is -2.13. The molecule has 1 N–H and O–H groups in total. The lowest BCUT2D eigenvalue weighted by Crippen LogP contribution is -2.16. The second kappa shape index (κ2) is 18.2. The summed E-state index contributed by atoms with van der Waals surface area (Å²) in [4.78, 5) is 11.7. The van der Waals surface area contributed by atoms with E-state index in [4.69, 9.17) is 4.74 Å². The van der Waals surface area contributed by atoms with Crippen LogP contribution in [0.4, 0.5) is 0 Å². The molecule has 0 fully saturated rings. The zero-order valence-electron chi connectivity index (χ0n) is 17.2. The minimum atomic E-state index is -0.0681. The predicted molar refractivity (Wildman–Crippen MR) is 107 cm³/mol. The van der Waals surface area contributed by atoms with Gasteiger partial charge < -0.3 is 9.84 Å². The molecule has 0 bridgehead atoms. The number of carbonyl (C=O) groups is 1. The number of hydrogen-bond donors (Lipinski definition) is 1. The maximum atomic E-state index is 11.7. The van der Waals surface area contributed by atoms with Crippen LogP contribution in [-0.2, 0) is 9.53 Å². The molecular formula is C22H44O3. The fourth-order valence-corrected chi connectivity index (χ4v) is 3.34. The van der Waals surface area contributed by atoms with Crippen LogP contribution in [0.15, 0.2) is 0 Å². The van der Waals surface area contributed by atoms with Crippen molar-refractivity contribution in [3.8, 4) is 0 Å². The van der Waals surface area contributed by atoms with Gasteiger partial charge in [0, 0.05) is 0 Å². The average molecular weight is 357 g/mol. The van der Waals surface area contributed by atoms with E-state index in [0.717, 1.165) is 38.5 Å². The van der Waals surface area contributed by atoms with Gasteiger partial charge >= 0.3 is 5.97 Å². The molecule has 0 heterocycles. The highest BCUT2D eigenvalue weighted by Crippen LogP contribution is 2.17. The number of hydrogen-bond acceptors (Lipinski definition) is 3. The summed E-state index contributed by atoms with van der Waals surface area (Å²) in [5, 5.41) is 9.80. The van der Waals surface area contributed by atoms with Crippen molar-refractivity contribution in [2.75, 3.05) is 6.61 Å². The molecule has 0 aliphatic carbocycles. The summed E-state index contributed by atoms with van der Waals surface area (Å²) in [6.07, 6.45) is 17.5. The Kier molecular flexibility index (Phi) is 17.8. The molecule has 0 rings (SSSR count). The zero-order chi connectivity index (χ0) is 18.8. The predicted octanol–water partition coefficient (Wildman–Crippen LogP) is 6.42. The highest BCUT2D eigenvalue weighted by atomic mass is 16.5. The molecule has 0 saturated heterocycles. The Bertz CT molecular complexity index is 291. The van der Waals surface area contributed by atoms with E-state index in [1.165, 1.54) is 57.8 Å². The third-order valence-corrected chi connectivity index (χ3v) is 5.09. The lowest BCUT2D eigenvalue weighted by molar-refractivity contribution is -0.148. The monoisotopic (exact) mass is 356 g/mol. The van der Waals surface area contributed by atoms with Crippen LogP contribution in [-0.4, -0.2) is 23.8 Å². The third-order valence-electron chi connectivity index (χ3n) is 5.09. The highest BCUT2D eigenvalue weighted by molar-refractivity contribution is 5.72. The van der Waals surface area contributed by atoms with Crippen LogP contribution in [0.3, 0.4) is 0 Å². The van der Waals surface area contributed by atoms with E-state index in [1.54, 1.807) is 0 Å². The SMILES string of the molecule is CCCCC(O)CCCCCCCCCCCC(CC)C(=O)OCC. The van der Waals surface area contributed by atoms with Crippen molar-refractivity contribution in [2.24, 2.45) is 5.92 Å². The molecule has 0 aromatic carbocycles. The molecule has 0 aromatic heterocycles. The normalized spacial score (nSPS) is 13.6. The van der Waals surface area contributed by atoms with Crippen molar-refractivity contribution in [1.29, 1.82) is 0 Å². The topological polar surface area (TPSA) is 46.5 Å². The van der Waals surface area contributed by atoms with Crippen molar-refractivity contribution >= 4 is 5.97 Å². The number of aliphatic hydroxyl groups is 1. The summed E-state index contributed by atoms with van der Waals surface area (Å²) < 4.78 is 5.12. The quantitative estimate of drug-likeness (QED) is 0.228. The summed E-state index contributed by atoms with van der Waals surface area (Å²) in [5.41, 5.74) is 0. The van der Waals surface area contributed by atoms with Gasteiger partial charge in [-0.05, 0) is 32.6 Å². The Morgan fingerprint density at radius 3 is 1.72 bits per heavy atom. The molecule has 0 amide bonds. The van der Waals surface area contributed by atoms with Crippen LogP contribution in [0.1, 0.15) is 117 Å². The van der Waals surface area contributed by atoms with Crippen molar-refractivity contribution < 1.29 is 14.6 Å². The molecule has 25 heavy (non-hydrogen) atoms. The van der Waals surface area contributed by atoms with Gasteiger partial charge in [0.1, 0.15) is 0 Å². The maximum Gasteiger partial charge on any atom is 0.308 e. The minimum Gasteiger partial charge on any atom is -0.466 e. The summed E-state index contributed by atoms with van der Waals surface area (Å²) in [7, 11) is 0. The summed E-state index contributed by atoms with van der Waals surface area (Å²) >= 11 is 0. The molecule has 0 radical (unpaired) electrons. The third kappa shape index (κ3) is 15.4. The fourth-order valence-electron chi connectivity index (χ4n) is 3.34. The second-order valence-corrected chi connectivity index (χ2v) is 7.41. The molecule has 0 aromatic rings. The molecule has 0 aliphatic heterocycles. The Morgan fingerprint density at radius 1 is 0.760 bits per heavy atom. The summed E-state index contributed by atoms with van der Waals surface area (Å²) in [6.45, 7) is 6.62. The van der Waals surface area contributed by atoms with Crippen LogP contribution in [0.5, 0.6) is 0 Å². The first kappa shape index (κ1) is 24.4. The van der Waals surface area contributed by atoms with Gasteiger partial charge in [0.15, 0.2) is 0 Å². The van der Waals surface area contributed by atoms with Crippen molar-refractivity contribution in [1.82, 2.24) is 0 Å². The van der Waals surface area contributed by atoms with Gasteiger partial charge in [-0.2, -0.15) is 0 Å². The number of esters is 1. The highest BCUT2D eigenvalue weighted by Gasteiger charge is 2.16. The Labute approximate surface area is 156 Å². The van der Waals surface area contributed by atoms with E-state index in [2.05, 4.69) is 13.8 Å². The van der Waals surface area contributed by atoms with Gasteiger partial charge in [-0.1, -0.05) is 84.5 Å². The second-order valence-electron chi connectivity index (χ2n) is 7.41. The zero-order valence-corrected chi connectivity index (χ0v) is 17.2. The van der Waals surface area contributed by atoms with E-state index < -0.39 is 0 Å². The Balaban J connectivity index is 3.34. The molecule has 150 valence electrons. The number of unbranched alkanes of at least 4 members (excludes halogenated alkanes) is 9. The fraction of sp³-hybridized carbons (Fsp3) is 0.955. The first-order valence-corrected chi connectivity index (χ1v) is 11.0. The standard InChI is InChI=1S/C22H44O3/c1-4-7-18-21(23)19-16-14-12-10-8-9-11-13-15-17-20(5-2)22(24)25-6-3/h20-21,23H,4-19H2,1-3H3. The molecule has 0 spiro atoms. The number of rotatable bonds is 18. The molecule has 0 aliphatic rings. The van der Waals surface area contributed by atoms with Gasteiger partial charge in [0.05, 0.1) is 18.6 Å². The lowest BCUT2D eigenvalue weighted by atomic mass is 9.97. The van der Waals surface area contributed by atoms with Gasteiger partial charge in [-0.3, -0.25) is 4.79 Å². The molecular weight excluding hydrogens is 312 g/mol. The van der Waals surface area contributed by atoms with Crippen molar-refractivity contribution in [3.63, 3.8) is 0 Å². The first-order valence-electron chi connectivity index (χ1n) is 11.0. The van der Waals surface area contributed by atoms with Gasteiger partial charge in [-0.25, -0.2) is 0 Å². The van der Waals surface area contributed by atoms with E-state index >= 15 is 0 Å². The van der Waals surface area contributed by atoms with Crippen LogP contribution >= 0.6 is 0 Å². The van der Waals surface area contributed by atoms with Crippen LogP contribution in [0, 0.1) is 5.92 Å². The summed E-state index contributed by atoms with van der Waals surface area (Å²) in [6, 6.07) is 0. The molecule has 3 heteroatoms. The number of carbonyl (C=O) groups excluding carboxylic acids is 1. The molecule has 2 unspecified atom stereocenters. The summed E-state index contributed by atoms with van der Waals surface area (Å²) in [5.74, 6) is 0.0949. The van der Waals surface area contributed by atoms with E-state index in [-0.39, 0.29) is 18.0 Å². The maximum absolute atomic E-state index is 11.7. The van der Waals surface area contributed by atoms with Crippen molar-refractivity contribution in [2.45, 2.75) is 123 Å². The number of ether oxygens (including phenoxy) is 1. The smallest absolute Gasteiger partial charge is 0.308 e. The first-order chi connectivity index (χ1) is 12.2. The average Bonchev–Trinajstić information content (AvgIpc) is 2.61. The Morgan fingerprint density at radius 2 is 1.24 bits per heavy atom. The largest absolute Gasteiger partial charge is 0.466 e. The number of aliphatic hydroxyl groups excluding tert-OH is 1. The minimum absolute atomic E-state index is 0.00943. The van der Waals surface area contributed by atoms with E-state index in [9.17, 15) is 9.90 Å². The van der Waals surface area contributed by atoms with Gasteiger partial charge in [0.2, 0.25) is 0 Å². The molecule has 3 nitrogen and oxygen atoms in total. The van der Waals surface area contributed by atoms with Crippen LogP contribution in [0.25, 0.3) is 0 Å². The van der Waals surface area contributed by atoms with E-state index in [0.29, 0.717) is 6.61 Å². The Hall–Kier alpha value is -0.570.